The van der Waals surface area contributed by atoms with Gasteiger partial charge < -0.3 is 14.8 Å². The van der Waals surface area contributed by atoms with Crippen LogP contribution in [0.3, 0.4) is 0 Å². The number of carbonyl (C=O) groups excluding carboxylic acids is 4. The van der Waals surface area contributed by atoms with E-state index in [-0.39, 0.29) is 12.5 Å². The number of amides is 1. The average molecular weight is 319 g/mol. The molecule has 1 aromatic carbocycles. The Hall–Kier alpha value is -2.96. The molecule has 1 N–H and O–H groups in total. The van der Waals surface area contributed by atoms with Crippen molar-refractivity contribution in [3.05, 3.63) is 42.0 Å². The number of Topliss-reactive ketones (excluding diaryl/α,β-unsaturated/α-hetero) is 1. The van der Waals surface area contributed by atoms with E-state index in [4.69, 9.17) is 4.74 Å². The van der Waals surface area contributed by atoms with Crippen LogP contribution in [-0.4, -0.2) is 36.8 Å². The molecule has 0 spiro atoms. The maximum absolute atomic E-state index is 11.8. The lowest BCUT2D eigenvalue weighted by Gasteiger charge is -2.04. The molecule has 0 aromatic heterocycles. The minimum Gasteiger partial charge on any atom is -0.463 e. The molecule has 1 rings (SSSR count). The van der Waals surface area contributed by atoms with Crippen LogP contribution in [0.5, 0.6) is 0 Å². The van der Waals surface area contributed by atoms with E-state index in [9.17, 15) is 19.2 Å². The monoisotopic (exact) mass is 319 g/mol. The highest BCUT2D eigenvalue weighted by atomic mass is 16.5. The molecule has 7 heteroatoms. The number of ketones is 1. The van der Waals surface area contributed by atoms with Gasteiger partial charge >= 0.3 is 11.9 Å². The van der Waals surface area contributed by atoms with Gasteiger partial charge in [-0.2, -0.15) is 0 Å². The van der Waals surface area contributed by atoms with Gasteiger partial charge in [-0.1, -0.05) is 0 Å². The molecule has 0 atom stereocenters. The van der Waals surface area contributed by atoms with Crippen LogP contribution in [0.2, 0.25) is 0 Å². The third-order valence-electron chi connectivity index (χ3n) is 2.51. The number of ether oxygens (including phenoxy) is 2. The van der Waals surface area contributed by atoms with Crippen LogP contribution < -0.4 is 5.32 Å². The first-order valence-corrected chi connectivity index (χ1v) is 6.84. The number of anilines is 1. The van der Waals surface area contributed by atoms with Crippen LogP contribution in [0, 0.1) is 0 Å². The van der Waals surface area contributed by atoms with Crippen molar-refractivity contribution in [2.24, 2.45) is 0 Å². The third-order valence-corrected chi connectivity index (χ3v) is 2.51. The molecule has 23 heavy (non-hydrogen) atoms. The van der Waals surface area contributed by atoms with E-state index in [1.54, 1.807) is 19.1 Å². The molecule has 0 unspecified atom stereocenters. The topological polar surface area (TPSA) is 98.8 Å². The maximum Gasteiger partial charge on any atom is 0.331 e. The standard InChI is InChI=1S/C16H17NO6/c1-3-22-15(20)8-9-16(21)23-10-14(19)12-4-6-13(7-5-12)17-11(2)18/h4-9H,3,10H2,1-2H3,(H,17,18)/b9-8+. The zero-order valence-electron chi connectivity index (χ0n) is 12.8. The minimum absolute atomic E-state index is 0.200. The van der Waals surface area contributed by atoms with Crippen molar-refractivity contribution in [1.29, 1.82) is 0 Å². The molecule has 0 saturated heterocycles. The number of hydrogen-bond donors (Lipinski definition) is 1. The maximum atomic E-state index is 11.8. The summed E-state index contributed by atoms with van der Waals surface area (Å²) in [5.74, 6) is -2.10. The first kappa shape index (κ1) is 18.1. The summed E-state index contributed by atoms with van der Waals surface area (Å²) in [5, 5.41) is 2.57. The third kappa shape index (κ3) is 7.03. The van der Waals surface area contributed by atoms with E-state index in [2.05, 4.69) is 10.1 Å². The summed E-state index contributed by atoms with van der Waals surface area (Å²) in [4.78, 5) is 45.1. The van der Waals surface area contributed by atoms with Gasteiger partial charge in [0, 0.05) is 30.3 Å². The van der Waals surface area contributed by atoms with Gasteiger partial charge in [-0.05, 0) is 31.2 Å². The molecule has 0 aliphatic carbocycles. The second-order valence-electron chi connectivity index (χ2n) is 4.37. The molecular weight excluding hydrogens is 302 g/mol. The van der Waals surface area contributed by atoms with Crippen molar-refractivity contribution < 1.29 is 28.7 Å². The number of esters is 2. The summed E-state index contributed by atoms with van der Waals surface area (Å²) in [6, 6.07) is 6.15. The zero-order valence-corrected chi connectivity index (χ0v) is 12.8. The summed E-state index contributed by atoms with van der Waals surface area (Å²) in [7, 11) is 0. The van der Waals surface area contributed by atoms with E-state index in [0.29, 0.717) is 11.3 Å². The van der Waals surface area contributed by atoms with E-state index in [1.165, 1.54) is 19.1 Å². The highest BCUT2D eigenvalue weighted by molar-refractivity contribution is 5.99. The Balaban J connectivity index is 2.48. The Kier molecular flexibility index (Phi) is 7.19. The number of nitrogens with one attached hydrogen (secondary N) is 1. The van der Waals surface area contributed by atoms with Gasteiger partial charge in [0.15, 0.2) is 12.4 Å². The Labute approximate surface area is 133 Å². The summed E-state index contributed by atoms with van der Waals surface area (Å²) >= 11 is 0. The van der Waals surface area contributed by atoms with Crippen molar-refractivity contribution in [3.63, 3.8) is 0 Å². The van der Waals surface area contributed by atoms with Gasteiger partial charge in [0.25, 0.3) is 0 Å². The van der Waals surface area contributed by atoms with E-state index < -0.39 is 24.3 Å². The van der Waals surface area contributed by atoms with Crippen LogP contribution >= 0.6 is 0 Å². The van der Waals surface area contributed by atoms with Gasteiger partial charge in [-0.25, -0.2) is 9.59 Å². The molecule has 0 bridgehead atoms. The molecular formula is C16H17NO6. The van der Waals surface area contributed by atoms with E-state index >= 15 is 0 Å². The molecule has 0 aliphatic rings. The second kappa shape index (κ2) is 9.14. The quantitative estimate of drug-likeness (QED) is 0.464. The Bertz CT molecular complexity index is 618. The predicted molar refractivity (Wildman–Crippen MR) is 81.8 cm³/mol. The van der Waals surface area contributed by atoms with Crippen molar-refractivity contribution in [2.75, 3.05) is 18.5 Å². The van der Waals surface area contributed by atoms with Crippen molar-refractivity contribution in [2.45, 2.75) is 13.8 Å². The molecule has 122 valence electrons. The Morgan fingerprint density at radius 3 is 2.09 bits per heavy atom. The minimum atomic E-state index is -0.818. The molecule has 0 saturated carbocycles. The van der Waals surface area contributed by atoms with Crippen molar-refractivity contribution >= 4 is 29.3 Å². The van der Waals surface area contributed by atoms with Crippen molar-refractivity contribution in [1.82, 2.24) is 0 Å². The highest BCUT2D eigenvalue weighted by Crippen LogP contribution is 2.10. The molecule has 1 amide bonds. The predicted octanol–water partition coefficient (Wildman–Crippen LogP) is 1.49. The van der Waals surface area contributed by atoms with E-state index in [0.717, 1.165) is 12.2 Å². The smallest absolute Gasteiger partial charge is 0.331 e. The lowest BCUT2D eigenvalue weighted by molar-refractivity contribution is -0.139. The molecule has 1 aromatic rings. The van der Waals surface area contributed by atoms with Crippen LogP contribution in [-0.2, 0) is 23.9 Å². The van der Waals surface area contributed by atoms with Crippen molar-refractivity contribution in [3.8, 4) is 0 Å². The molecule has 0 radical (unpaired) electrons. The fourth-order valence-corrected chi connectivity index (χ4v) is 1.54. The van der Waals surface area contributed by atoms with Crippen LogP contribution in [0.25, 0.3) is 0 Å². The van der Waals surface area contributed by atoms with Crippen LogP contribution in [0.4, 0.5) is 5.69 Å². The second-order valence-corrected chi connectivity index (χ2v) is 4.37. The van der Waals surface area contributed by atoms with Gasteiger partial charge in [0.05, 0.1) is 6.61 Å². The molecule has 0 heterocycles. The molecule has 0 fully saturated rings. The number of rotatable bonds is 7. The average Bonchev–Trinajstić information content (AvgIpc) is 2.51. The van der Waals surface area contributed by atoms with Crippen LogP contribution in [0.15, 0.2) is 36.4 Å². The molecule has 0 aliphatic heterocycles. The lowest BCUT2D eigenvalue weighted by Crippen LogP contribution is -2.13. The summed E-state index contributed by atoms with van der Waals surface area (Å²) in [5.41, 5.74) is 0.893. The number of hydrogen-bond acceptors (Lipinski definition) is 6. The fourth-order valence-electron chi connectivity index (χ4n) is 1.54. The zero-order chi connectivity index (χ0) is 17.2. The Morgan fingerprint density at radius 2 is 1.57 bits per heavy atom. The fraction of sp³-hybridized carbons (Fsp3) is 0.250. The first-order chi connectivity index (χ1) is 10.9. The largest absolute Gasteiger partial charge is 0.463 e. The number of carbonyl (C=O) groups is 4. The van der Waals surface area contributed by atoms with Gasteiger partial charge in [-0.15, -0.1) is 0 Å². The SMILES string of the molecule is CCOC(=O)/C=C/C(=O)OCC(=O)c1ccc(NC(C)=O)cc1. The Morgan fingerprint density at radius 1 is 1.00 bits per heavy atom. The summed E-state index contributed by atoms with van der Waals surface area (Å²) in [6.45, 7) is 2.76. The summed E-state index contributed by atoms with van der Waals surface area (Å²) < 4.78 is 9.32. The van der Waals surface area contributed by atoms with Gasteiger partial charge in [0.2, 0.25) is 5.91 Å². The summed E-state index contributed by atoms with van der Waals surface area (Å²) in [6.07, 6.45) is 1.82. The first-order valence-electron chi connectivity index (χ1n) is 6.84. The normalized spacial score (nSPS) is 10.2. The molecule has 7 nitrogen and oxygen atoms in total. The lowest BCUT2D eigenvalue weighted by atomic mass is 10.1. The van der Waals surface area contributed by atoms with E-state index in [1.807, 2.05) is 0 Å². The highest BCUT2D eigenvalue weighted by Gasteiger charge is 2.09. The van der Waals surface area contributed by atoms with Crippen LogP contribution in [0.1, 0.15) is 24.2 Å². The van der Waals surface area contributed by atoms with Gasteiger partial charge in [0.1, 0.15) is 0 Å². The number of benzene rings is 1. The van der Waals surface area contributed by atoms with Gasteiger partial charge in [-0.3, -0.25) is 9.59 Å².